The first-order valence-corrected chi connectivity index (χ1v) is 20.3. The van der Waals surface area contributed by atoms with Crippen LogP contribution in [0.5, 0.6) is 0 Å². The van der Waals surface area contributed by atoms with E-state index in [0.717, 1.165) is 64.2 Å². The molecule has 0 bridgehead atoms. The van der Waals surface area contributed by atoms with Gasteiger partial charge in [0.15, 0.2) is 0 Å². The number of unbranched alkanes of at least 4 members (excludes halogenated alkanes) is 18. The fourth-order valence-corrected chi connectivity index (χ4v) is 5.69. The van der Waals surface area contributed by atoms with E-state index in [-0.39, 0.29) is 25.5 Å². The molecule has 49 heavy (non-hydrogen) atoms. The summed E-state index contributed by atoms with van der Waals surface area (Å²) in [4.78, 5) is 35.0. The molecule has 1 amide bonds. The van der Waals surface area contributed by atoms with Gasteiger partial charge in [0.1, 0.15) is 12.6 Å². The van der Waals surface area contributed by atoms with Gasteiger partial charge < -0.3 is 15.2 Å². The summed E-state index contributed by atoms with van der Waals surface area (Å²) in [7, 11) is 0. The number of amides is 1. The number of ether oxygens (including phenoxy) is 1. The van der Waals surface area contributed by atoms with Gasteiger partial charge in [0, 0.05) is 6.42 Å². The van der Waals surface area contributed by atoms with Crippen LogP contribution in [-0.4, -0.2) is 35.6 Å². The lowest BCUT2D eigenvalue weighted by molar-refractivity contribution is -0.149. The van der Waals surface area contributed by atoms with Gasteiger partial charge in [-0.05, 0) is 89.9 Å². The number of aliphatic carboxylic acids is 1. The first-order valence-electron chi connectivity index (χ1n) is 20.3. The second-order valence-corrected chi connectivity index (χ2v) is 13.5. The van der Waals surface area contributed by atoms with Crippen LogP contribution in [0.3, 0.4) is 0 Å². The minimum atomic E-state index is -1.03. The van der Waals surface area contributed by atoms with Gasteiger partial charge in [-0.2, -0.15) is 0 Å². The number of esters is 1. The molecule has 0 heterocycles. The van der Waals surface area contributed by atoms with E-state index in [4.69, 9.17) is 9.84 Å². The summed E-state index contributed by atoms with van der Waals surface area (Å²) >= 11 is 0. The van der Waals surface area contributed by atoms with E-state index in [0.29, 0.717) is 0 Å². The largest absolute Gasteiger partial charge is 0.481 e. The Bertz CT molecular complexity index is 843. The molecule has 0 rings (SSSR count). The Morgan fingerprint density at radius 3 is 1.33 bits per heavy atom. The Morgan fingerprint density at radius 1 is 0.531 bits per heavy atom. The number of hydrogen-bond acceptors (Lipinski definition) is 4. The molecule has 0 aromatic heterocycles. The summed E-state index contributed by atoms with van der Waals surface area (Å²) in [6.07, 6.45) is 48.5. The first kappa shape index (κ1) is 46.4. The SMILES string of the molecule is CCCCC/C=C\C/C=C\CCCCCCCCC(CCCCCCCC/C=C\C/C=C\CCCCC)OC(=O)CNC(=O)CCC(=O)O. The second-order valence-electron chi connectivity index (χ2n) is 13.5. The summed E-state index contributed by atoms with van der Waals surface area (Å²) in [5.41, 5.74) is 0. The van der Waals surface area contributed by atoms with E-state index >= 15 is 0 Å². The maximum atomic E-state index is 12.5. The molecule has 0 aromatic carbocycles. The van der Waals surface area contributed by atoms with Crippen molar-refractivity contribution in [2.24, 2.45) is 0 Å². The Hall–Kier alpha value is -2.63. The Labute approximate surface area is 301 Å². The predicted octanol–water partition coefficient (Wildman–Crippen LogP) is 12.3. The third-order valence-electron chi connectivity index (χ3n) is 8.75. The molecule has 0 aliphatic heterocycles. The molecule has 0 aliphatic carbocycles. The van der Waals surface area contributed by atoms with E-state index in [9.17, 15) is 14.4 Å². The molecular weight excluding hydrogens is 610 g/mol. The first-order chi connectivity index (χ1) is 24.0. The van der Waals surface area contributed by atoms with Crippen LogP contribution in [0.25, 0.3) is 0 Å². The fourth-order valence-electron chi connectivity index (χ4n) is 5.69. The zero-order valence-electron chi connectivity index (χ0n) is 31.8. The highest BCUT2D eigenvalue weighted by Crippen LogP contribution is 2.18. The molecule has 0 saturated heterocycles. The Kier molecular flexibility index (Phi) is 36.1. The number of nitrogens with one attached hydrogen (secondary N) is 1. The molecule has 282 valence electrons. The van der Waals surface area contributed by atoms with Gasteiger partial charge in [-0.15, -0.1) is 0 Å². The minimum absolute atomic E-state index is 0.125. The summed E-state index contributed by atoms with van der Waals surface area (Å²) in [5, 5.41) is 11.2. The number of hydrogen-bond donors (Lipinski definition) is 2. The highest BCUT2D eigenvalue weighted by molar-refractivity contribution is 5.84. The van der Waals surface area contributed by atoms with Crippen molar-refractivity contribution in [3.63, 3.8) is 0 Å². The van der Waals surface area contributed by atoms with Crippen LogP contribution in [0.1, 0.15) is 194 Å². The van der Waals surface area contributed by atoms with Crippen LogP contribution in [-0.2, 0) is 19.1 Å². The third-order valence-corrected chi connectivity index (χ3v) is 8.75. The topological polar surface area (TPSA) is 92.7 Å². The monoisotopic (exact) mass is 686 g/mol. The van der Waals surface area contributed by atoms with Gasteiger partial charge in [-0.3, -0.25) is 14.4 Å². The standard InChI is InChI=1S/C43H75NO5/c1-3-5-7-9-11-13-15-17-19-21-23-25-27-29-31-33-35-40(49-43(48)39-44-41(45)37-38-42(46)47)36-34-32-30-28-26-24-22-20-18-16-14-12-10-8-6-4-2/h11-14,17-20,40H,3-10,15-16,21-39H2,1-2H3,(H,44,45)(H,46,47)/b13-11-,14-12-,19-17-,20-18-. The molecular formula is C43H75NO5. The van der Waals surface area contributed by atoms with Crippen molar-refractivity contribution in [3.05, 3.63) is 48.6 Å². The highest BCUT2D eigenvalue weighted by atomic mass is 16.5. The number of carboxylic acid groups (broad SMARTS) is 1. The molecule has 0 unspecified atom stereocenters. The van der Waals surface area contributed by atoms with E-state index in [2.05, 4.69) is 67.8 Å². The van der Waals surface area contributed by atoms with Crippen LogP contribution in [0.4, 0.5) is 0 Å². The normalized spacial score (nSPS) is 12.0. The molecule has 2 N–H and O–H groups in total. The molecule has 0 atom stereocenters. The quantitative estimate of drug-likeness (QED) is 0.0389. The molecule has 0 radical (unpaired) electrons. The van der Waals surface area contributed by atoms with Crippen molar-refractivity contribution < 1.29 is 24.2 Å². The average Bonchev–Trinajstić information content (AvgIpc) is 3.09. The lowest BCUT2D eigenvalue weighted by Gasteiger charge is -2.18. The van der Waals surface area contributed by atoms with Crippen LogP contribution in [0.15, 0.2) is 48.6 Å². The van der Waals surface area contributed by atoms with Crippen LogP contribution in [0.2, 0.25) is 0 Å². The Morgan fingerprint density at radius 2 is 0.918 bits per heavy atom. The average molecular weight is 686 g/mol. The molecule has 0 aliphatic rings. The van der Waals surface area contributed by atoms with E-state index in [1.807, 2.05) is 0 Å². The van der Waals surface area contributed by atoms with Crippen molar-refractivity contribution in [1.29, 1.82) is 0 Å². The number of rotatable bonds is 36. The van der Waals surface area contributed by atoms with Gasteiger partial charge in [-0.1, -0.05) is 140 Å². The number of carbonyl (C=O) groups is 3. The number of allylic oxidation sites excluding steroid dienone is 8. The van der Waals surface area contributed by atoms with Crippen LogP contribution < -0.4 is 5.32 Å². The molecule has 0 fully saturated rings. The summed E-state index contributed by atoms with van der Waals surface area (Å²) in [6, 6.07) is 0. The number of carboxylic acids is 1. The van der Waals surface area contributed by atoms with E-state index in [1.165, 1.54) is 103 Å². The summed E-state index contributed by atoms with van der Waals surface area (Å²) in [6.45, 7) is 4.28. The predicted molar refractivity (Wildman–Crippen MR) is 208 cm³/mol. The van der Waals surface area contributed by atoms with Crippen molar-refractivity contribution in [2.45, 2.75) is 200 Å². The lowest BCUT2D eigenvalue weighted by atomic mass is 10.0. The maximum Gasteiger partial charge on any atom is 0.325 e. The van der Waals surface area contributed by atoms with Crippen molar-refractivity contribution in [1.82, 2.24) is 5.32 Å². The van der Waals surface area contributed by atoms with Crippen molar-refractivity contribution in [3.8, 4) is 0 Å². The molecule has 6 heteroatoms. The van der Waals surface area contributed by atoms with Crippen LogP contribution >= 0.6 is 0 Å². The maximum absolute atomic E-state index is 12.5. The molecule has 6 nitrogen and oxygen atoms in total. The fraction of sp³-hybridized carbons (Fsp3) is 0.744. The van der Waals surface area contributed by atoms with E-state index in [1.54, 1.807) is 0 Å². The van der Waals surface area contributed by atoms with Crippen molar-refractivity contribution in [2.75, 3.05) is 6.54 Å². The van der Waals surface area contributed by atoms with Crippen molar-refractivity contribution >= 4 is 17.8 Å². The molecule has 0 spiro atoms. The van der Waals surface area contributed by atoms with Gasteiger partial charge in [-0.25, -0.2) is 0 Å². The Balaban J connectivity index is 4.20. The van der Waals surface area contributed by atoms with Gasteiger partial charge >= 0.3 is 11.9 Å². The van der Waals surface area contributed by atoms with E-state index < -0.39 is 17.8 Å². The summed E-state index contributed by atoms with van der Waals surface area (Å²) < 4.78 is 5.78. The highest BCUT2D eigenvalue weighted by Gasteiger charge is 2.15. The second kappa shape index (κ2) is 38.2. The zero-order valence-corrected chi connectivity index (χ0v) is 31.8. The molecule has 0 aromatic rings. The summed E-state index contributed by atoms with van der Waals surface area (Å²) in [5.74, 6) is -1.90. The van der Waals surface area contributed by atoms with Gasteiger partial charge in [0.25, 0.3) is 0 Å². The lowest BCUT2D eigenvalue weighted by Crippen LogP contribution is -2.32. The smallest absolute Gasteiger partial charge is 0.325 e. The number of carbonyl (C=O) groups excluding carboxylic acids is 2. The molecule has 0 saturated carbocycles. The van der Waals surface area contributed by atoms with Crippen LogP contribution in [0, 0.1) is 0 Å². The van der Waals surface area contributed by atoms with Gasteiger partial charge in [0.2, 0.25) is 5.91 Å². The zero-order chi connectivity index (χ0) is 35.9. The third kappa shape index (κ3) is 38.0. The minimum Gasteiger partial charge on any atom is -0.481 e. The van der Waals surface area contributed by atoms with Gasteiger partial charge in [0.05, 0.1) is 6.42 Å².